The van der Waals surface area contributed by atoms with Crippen LogP contribution in [0.15, 0.2) is 18.2 Å². The summed E-state index contributed by atoms with van der Waals surface area (Å²) in [5.41, 5.74) is 7.26. The number of nitrogens with two attached hydrogens (primary N) is 1. The number of nitrogens with zero attached hydrogens (tertiary/aromatic N) is 3. The van der Waals surface area contributed by atoms with Crippen molar-refractivity contribution < 1.29 is 4.39 Å². The van der Waals surface area contributed by atoms with Crippen LogP contribution in [0.5, 0.6) is 0 Å². The normalized spacial score (nSPS) is 10.7. The number of hydrogen-bond donors (Lipinski definition) is 1. The standard InChI is InChI=1S/C14H15FN4/c1-8(2)14-18-12(13(17)19(14)3)9-4-5-11(15)10(6-9)7-16/h4-6,8H,17H2,1-3H3. The van der Waals surface area contributed by atoms with Crippen molar-refractivity contribution in [1.82, 2.24) is 9.55 Å². The molecular weight excluding hydrogens is 243 g/mol. The van der Waals surface area contributed by atoms with Crippen LogP contribution in [0.4, 0.5) is 10.2 Å². The number of benzene rings is 1. The van der Waals surface area contributed by atoms with Gasteiger partial charge in [0.2, 0.25) is 0 Å². The number of nitrogen functional groups attached to an aromatic ring is 1. The van der Waals surface area contributed by atoms with Crippen LogP contribution in [0.25, 0.3) is 11.3 Å². The Kier molecular flexibility index (Phi) is 3.26. The van der Waals surface area contributed by atoms with Gasteiger partial charge < -0.3 is 10.3 Å². The lowest BCUT2D eigenvalue weighted by atomic mass is 10.1. The highest BCUT2D eigenvalue weighted by Crippen LogP contribution is 2.29. The summed E-state index contributed by atoms with van der Waals surface area (Å²) in [7, 11) is 1.84. The summed E-state index contributed by atoms with van der Waals surface area (Å²) in [5.74, 6) is 1.07. The Hall–Kier alpha value is -2.35. The molecule has 1 heterocycles. The largest absolute Gasteiger partial charge is 0.383 e. The molecule has 0 unspecified atom stereocenters. The number of halogens is 1. The minimum atomic E-state index is -0.537. The number of hydrogen-bond acceptors (Lipinski definition) is 3. The summed E-state index contributed by atoms with van der Waals surface area (Å²) in [6.07, 6.45) is 0. The van der Waals surface area contributed by atoms with E-state index in [1.54, 1.807) is 6.07 Å². The van der Waals surface area contributed by atoms with Crippen LogP contribution < -0.4 is 5.73 Å². The average Bonchev–Trinajstić information content (AvgIpc) is 2.67. The predicted molar refractivity (Wildman–Crippen MR) is 71.8 cm³/mol. The summed E-state index contributed by atoms with van der Waals surface area (Å²) >= 11 is 0. The zero-order valence-corrected chi connectivity index (χ0v) is 11.1. The number of nitriles is 1. The van der Waals surface area contributed by atoms with Crippen LogP contribution in [0.1, 0.15) is 31.2 Å². The van der Waals surface area contributed by atoms with Crippen LogP contribution in [-0.4, -0.2) is 9.55 Å². The lowest BCUT2D eigenvalue weighted by Crippen LogP contribution is -2.02. The van der Waals surface area contributed by atoms with Gasteiger partial charge in [0.05, 0.1) is 5.56 Å². The van der Waals surface area contributed by atoms with E-state index in [1.165, 1.54) is 12.1 Å². The van der Waals surface area contributed by atoms with Gasteiger partial charge >= 0.3 is 0 Å². The molecule has 0 saturated carbocycles. The molecule has 19 heavy (non-hydrogen) atoms. The Morgan fingerprint density at radius 1 is 1.42 bits per heavy atom. The molecule has 1 aromatic carbocycles. The monoisotopic (exact) mass is 258 g/mol. The third kappa shape index (κ3) is 2.17. The molecule has 2 rings (SSSR count). The molecule has 0 aliphatic heterocycles. The van der Waals surface area contributed by atoms with Gasteiger partial charge in [-0.1, -0.05) is 13.8 Å². The van der Waals surface area contributed by atoms with Gasteiger partial charge in [-0.15, -0.1) is 0 Å². The molecule has 0 aliphatic rings. The molecule has 0 fully saturated rings. The smallest absolute Gasteiger partial charge is 0.140 e. The summed E-state index contributed by atoms with van der Waals surface area (Å²) in [6, 6.07) is 6.13. The van der Waals surface area contributed by atoms with E-state index in [1.807, 2.05) is 31.5 Å². The zero-order chi connectivity index (χ0) is 14.2. The number of rotatable bonds is 2. The van der Waals surface area contributed by atoms with Crippen molar-refractivity contribution in [1.29, 1.82) is 5.26 Å². The van der Waals surface area contributed by atoms with E-state index in [0.717, 1.165) is 5.82 Å². The van der Waals surface area contributed by atoms with Crippen LogP contribution in [0, 0.1) is 17.1 Å². The van der Waals surface area contributed by atoms with E-state index in [4.69, 9.17) is 11.0 Å². The van der Waals surface area contributed by atoms with Crippen molar-refractivity contribution in [3.8, 4) is 17.3 Å². The molecular formula is C14H15FN4. The molecule has 0 spiro atoms. The van der Waals surface area contributed by atoms with Crippen molar-refractivity contribution in [2.75, 3.05) is 5.73 Å². The van der Waals surface area contributed by atoms with Gasteiger partial charge in [0, 0.05) is 18.5 Å². The lowest BCUT2D eigenvalue weighted by Gasteiger charge is -2.04. The third-order valence-electron chi connectivity index (χ3n) is 3.05. The van der Waals surface area contributed by atoms with Crippen molar-refractivity contribution in [2.45, 2.75) is 19.8 Å². The Balaban J connectivity index is 2.60. The SMILES string of the molecule is CC(C)c1nc(-c2ccc(F)c(C#N)c2)c(N)n1C. The molecule has 2 N–H and O–H groups in total. The molecule has 0 aliphatic carbocycles. The molecule has 4 nitrogen and oxygen atoms in total. The minimum absolute atomic E-state index is 0.00588. The Morgan fingerprint density at radius 2 is 2.11 bits per heavy atom. The number of imidazole rings is 1. The fraction of sp³-hybridized carbons (Fsp3) is 0.286. The second kappa shape index (κ2) is 4.73. The number of anilines is 1. The first-order chi connectivity index (χ1) is 8.95. The fourth-order valence-electron chi connectivity index (χ4n) is 2.02. The highest BCUT2D eigenvalue weighted by Gasteiger charge is 2.16. The first-order valence-electron chi connectivity index (χ1n) is 5.97. The van der Waals surface area contributed by atoms with Crippen molar-refractivity contribution in [3.05, 3.63) is 35.4 Å². The molecule has 0 atom stereocenters. The average molecular weight is 258 g/mol. The van der Waals surface area contributed by atoms with E-state index in [0.29, 0.717) is 17.1 Å². The molecule has 98 valence electrons. The quantitative estimate of drug-likeness (QED) is 0.900. The Bertz CT molecular complexity index is 665. The van der Waals surface area contributed by atoms with E-state index in [2.05, 4.69) is 4.98 Å². The van der Waals surface area contributed by atoms with Gasteiger partial charge in [-0.2, -0.15) is 5.26 Å². The van der Waals surface area contributed by atoms with Gasteiger partial charge in [0.25, 0.3) is 0 Å². The minimum Gasteiger partial charge on any atom is -0.383 e. The molecule has 5 heteroatoms. The van der Waals surface area contributed by atoms with Crippen molar-refractivity contribution in [2.24, 2.45) is 7.05 Å². The summed E-state index contributed by atoms with van der Waals surface area (Å²) in [5, 5.41) is 8.86. The maximum absolute atomic E-state index is 13.3. The van der Waals surface area contributed by atoms with Gasteiger partial charge in [-0.25, -0.2) is 9.37 Å². The lowest BCUT2D eigenvalue weighted by molar-refractivity contribution is 0.624. The van der Waals surface area contributed by atoms with Crippen LogP contribution >= 0.6 is 0 Å². The number of aromatic nitrogens is 2. The van der Waals surface area contributed by atoms with Gasteiger partial charge in [-0.05, 0) is 18.2 Å². The van der Waals surface area contributed by atoms with Crippen LogP contribution in [-0.2, 0) is 7.05 Å². The predicted octanol–water partition coefficient (Wildman–Crippen LogP) is 2.80. The maximum atomic E-state index is 13.3. The van der Waals surface area contributed by atoms with Crippen molar-refractivity contribution in [3.63, 3.8) is 0 Å². The van der Waals surface area contributed by atoms with E-state index < -0.39 is 5.82 Å². The first-order valence-corrected chi connectivity index (χ1v) is 5.97. The van der Waals surface area contributed by atoms with E-state index in [9.17, 15) is 4.39 Å². The molecule has 2 aromatic rings. The van der Waals surface area contributed by atoms with E-state index in [-0.39, 0.29) is 11.5 Å². The van der Waals surface area contributed by atoms with Gasteiger partial charge in [-0.3, -0.25) is 0 Å². The summed E-state index contributed by atoms with van der Waals surface area (Å²) < 4.78 is 15.1. The van der Waals surface area contributed by atoms with E-state index >= 15 is 0 Å². The highest BCUT2D eigenvalue weighted by atomic mass is 19.1. The summed E-state index contributed by atoms with van der Waals surface area (Å²) in [4.78, 5) is 4.49. The molecule has 0 amide bonds. The van der Waals surface area contributed by atoms with Gasteiger partial charge in [0.15, 0.2) is 0 Å². The molecule has 1 aromatic heterocycles. The molecule has 0 radical (unpaired) electrons. The Labute approximate surface area is 111 Å². The second-order valence-corrected chi connectivity index (χ2v) is 4.72. The van der Waals surface area contributed by atoms with Crippen molar-refractivity contribution >= 4 is 5.82 Å². The van der Waals surface area contributed by atoms with Gasteiger partial charge in [0.1, 0.15) is 29.2 Å². The fourth-order valence-corrected chi connectivity index (χ4v) is 2.02. The molecule has 0 bridgehead atoms. The van der Waals surface area contributed by atoms with Crippen LogP contribution in [0.3, 0.4) is 0 Å². The topological polar surface area (TPSA) is 67.6 Å². The third-order valence-corrected chi connectivity index (χ3v) is 3.05. The Morgan fingerprint density at radius 3 is 2.63 bits per heavy atom. The highest BCUT2D eigenvalue weighted by molar-refractivity contribution is 5.72. The van der Waals surface area contributed by atoms with Crippen LogP contribution in [0.2, 0.25) is 0 Å². The second-order valence-electron chi connectivity index (χ2n) is 4.72. The maximum Gasteiger partial charge on any atom is 0.140 e. The molecule has 0 saturated heterocycles. The first kappa shape index (κ1) is 13.1. The summed E-state index contributed by atoms with van der Waals surface area (Å²) in [6.45, 7) is 4.05. The zero-order valence-electron chi connectivity index (χ0n) is 11.1.